The summed E-state index contributed by atoms with van der Waals surface area (Å²) in [6.07, 6.45) is 1.53. The molecular weight excluding hydrogens is 321 g/mol. The molecule has 2 aromatic carbocycles. The van der Waals surface area contributed by atoms with Gasteiger partial charge in [-0.25, -0.2) is 9.37 Å². The second kappa shape index (κ2) is 5.98. The fraction of sp³-hybridized carbons (Fsp3) is 0. The van der Waals surface area contributed by atoms with Crippen LogP contribution in [0.15, 0.2) is 54.7 Å². The topological polar surface area (TPSA) is 92.3 Å². The first kappa shape index (κ1) is 14.7. The van der Waals surface area contributed by atoms with Crippen molar-refractivity contribution in [3.05, 3.63) is 66.1 Å². The first-order valence-electron chi connectivity index (χ1n) is 7.34. The summed E-state index contributed by atoms with van der Waals surface area (Å²) in [6, 6.07) is 15.0. The molecule has 0 amide bonds. The first-order chi connectivity index (χ1) is 12.2. The molecule has 8 heteroatoms. The summed E-state index contributed by atoms with van der Waals surface area (Å²) in [5, 5.41) is 20.0. The number of aromatic nitrogens is 5. The Morgan fingerprint density at radius 1 is 1.12 bits per heavy atom. The minimum absolute atomic E-state index is 0.322. The van der Waals surface area contributed by atoms with E-state index in [1.54, 1.807) is 36.4 Å². The molecule has 120 valence electrons. The van der Waals surface area contributed by atoms with Gasteiger partial charge in [0.15, 0.2) is 11.2 Å². The van der Waals surface area contributed by atoms with Crippen LogP contribution >= 0.6 is 0 Å². The van der Waals surface area contributed by atoms with Crippen LogP contribution in [0.4, 0.5) is 16.0 Å². The Morgan fingerprint density at radius 3 is 2.84 bits per heavy atom. The average Bonchev–Trinajstić information content (AvgIpc) is 3.05. The fourth-order valence-corrected chi connectivity index (χ4v) is 2.37. The molecule has 0 saturated heterocycles. The van der Waals surface area contributed by atoms with Crippen molar-refractivity contribution in [1.82, 2.24) is 25.0 Å². The third-order valence-corrected chi connectivity index (χ3v) is 3.49. The molecular formula is C17H10FN7. The lowest BCUT2D eigenvalue weighted by Gasteiger charge is -2.05. The first-order valence-corrected chi connectivity index (χ1v) is 7.34. The molecule has 0 radical (unpaired) electrons. The summed E-state index contributed by atoms with van der Waals surface area (Å²) in [7, 11) is 0. The maximum Gasteiger partial charge on any atom is 0.229 e. The third-order valence-electron chi connectivity index (χ3n) is 3.49. The Kier molecular flexibility index (Phi) is 3.52. The summed E-state index contributed by atoms with van der Waals surface area (Å²) in [5.41, 5.74) is 2.65. The van der Waals surface area contributed by atoms with E-state index in [4.69, 9.17) is 5.26 Å². The van der Waals surface area contributed by atoms with Crippen LogP contribution in [-0.2, 0) is 0 Å². The molecule has 7 nitrogen and oxygen atoms in total. The molecule has 0 fully saturated rings. The molecule has 0 aliphatic rings. The molecule has 0 aliphatic heterocycles. The van der Waals surface area contributed by atoms with Crippen LogP contribution in [0.1, 0.15) is 5.56 Å². The van der Waals surface area contributed by atoms with Gasteiger partial charge in [0, 0.05) is 5.69 Å². The number of hydrogen-bond acceptors (Lipinski definition) is 6. The summed E-state index contributed by atoms with van der Waals surface area (Å²) >= 11 is 0. The van der Waals surface area contributed by atoms with Gasteiger partial charge in [-0.3, -0.25) is 0 Å². The van der Waals surface area contributed by atoms with Gasteiger partial charge in [-0.05, 0) is 36.4 Å². The Labute approximate surface area is 141 Å². The van der Waals surface area contributed by atoms with Crippen LogP contribution in [-0.4, -0.2) is 25.0 Å². The number of hydrogen-bond donors (Lipinski definition) is 1. The monoisotopic (exact) mass is 331 g/mol. The lowest BCUT2D eigenvalue weighted by molar-refractivity contribution is 0.625. The zero-order chi connectivity index (χ0) is 17.2. The predicted molar refractivity (Wildman–Crippen MR) is 88.9 cm³/mol. The zero-order valence-electron chi connectivity index (χ0n) is 12.8. The highest BCUT2D eigenvalue weighted by molar-refractivity contribution is 5.72. The van der Waals surface area contributed by atoms with Crippen LogP contribution < -0.4 is 5.32 Å². The quantitative estimate of drug-likeness (QED) is 0.620. The van der Waals surface area contributed by atoms with E-state index in [1.165, 1.54) is 23.0 Å². The number of benzene rings is 2. The van der Waals surface area contributed by atoms with Gasteiger partial charge in [-0.2, -0.15) is 14.9 Å². The van der Waals surface area contributed by atoms with Gasteiger partial charge in [0.2, 0.25) is 5.95 Å². The van der Waals surface area contributed by atoms with Crippen molar-refractivity contribution in [3.63, 3.8) is 0 Å². The van der Waals surface area contributed by atoms with Crippen molar-refractivity contribution in [2.75, 3.05) is 5.32 Å². The van der Waals surface area contributed by atoms with E-state index < -0.39 is 0 Å². The number of nitrogens with one attached hydrogen (secondary N) is 1. The number of nitriles is 1. The molecule has 4 aromatic rings. The fourth-order valence-electron chi connectivity index (χ4n) is 2.37. The molecule has 25 heavy (non-hydrogen) atoms. The summed E-state index contributed by atoms with van der Waals surface area (Å²) in [5.74, 6) is -0.0515. The molecule has 4 rings (SSSR count). The van der Waals surface area contributed by atoms with Crippen molar-refractivity contribution in [1.29, 1.82) is 5.26 Å². The normalized spacial score (nSPS) is 10.6. The van der Waals surface area contributed by atoms with E-state index in [2.05, 4.69) is 31.7 Å². The molecule has 2 heterocycles. The predicted octanol–water partition coefficient (Wildman–Crippen LogP) is 2.96. The number of fused-ring (bicyclic) bond motifs is 1. The summed E-state index contributed by atoms with van der Waals surface area (Å²) in [4.78, 5) is 8.59. The van der Waals surface area contributed by atoms with Crippen LogP contribution in [0.5, 0.6) is 0 Å². The van der Waals surface area contributed by atoms with E-state index in [-0.39, 0.29) is 5.82 Å². The SMILES string of the molecule is N#Cc1cccc(Nc2ncc3nnn(-c4cccc(F)c4)c3n2)c1. The summed E-state index contributed by atoms with van der Waals surface area (Å²) < 4.78 is 14.9. The number of halogens is 1. The highest BCUT2D eigenvalue weighted by Crippen LogP contribution is 2.19. The smallest absolute Gasteiger partial charge is 0.229 e. The van der Waals surface area contributed by atoms with Crippen LogP contribution in [0.25, 0.3) is 16.9 Å². The Hall–Kier alpha value is -3.86. The highest BCUT2D eigenvalue weighted by Gasteiger charge is 2.11. The second-order valence-electron chi connectivity index (χ2n) is 5.20. The molecule has 0 atom stereocenters. The van der Waals surface area contributed by atoms with Gasteiger partial charge in [-0.15, -0.1) is 5.10 Å². The second-order valence-corrected chi connectivity index (χ2v) is 5.20. The maximum absolute atomic E-state index is 13.5. The highest BCUT2D eigenvalue weighted by atomic mass is 19.1. The molecule has 1 N–H and O–H groups in total. The van der Waals surface area contributed by atoms with Gasteiger partial charge in [0.05, 0.1) is 23.5 Å². The van der Waals surface area contributed by atoms with E-state index >= 15 is 0 Å². The van der Waals surface area contributed by atoms with E-state index in [0.29, 0.717) is 34.1 Å². The molecule has 0 aliphatic carbocycles. The number of anilines is 2. The minimum Gasteiger partial charge on any atom is -0.324 e. The van der Waals surface area contributed by atoms with Gasteiger partial charge in [0.25, 0.3) is 0 Å². The molecule has 0 unspecified atom stereocenters. The van der Waals surface area contributed by atoms with E-state index in [9.17, 15) is 4.39 Å². The maximum atomic E-state index is 13.5. The molecule has 0 saturated carbocycles. The van der Waals surface area contributed by atoms with Crippen molar-refractivity contribution in [3.8, 4) is 11.8 Å². The lowest BCUT2D eigenvalue weighted by Crippen LogP contribution is -2.01. The van der Waals surface area contributed by atoms with Crippen molar-refractivity contribution >= 4 is 22.8 Å². The largest absolute Gasteiger partial charge is 0.324 e. The minimum atomic E-state index is -0.373. The summed E-state index contributed by atoms with van der Waals surface area (Å²) in [6.45, 7) is 0. The van der Waals surface area contributed by atoms with E-state index in [1.807, 2.05) is 0 Å². The number of nitrogens with zero attached hydrogens (tertiary/aromatic N) is 6. The average molecular weight is 331 g/mol. The standard InChI is InChI=1S/C17H10FN7/c18-12-4-2-6-14(8-12)25-16-15(23-24-25)10-20-17(22-16)21-13-5-1-3-11(7-13)9-19/h1-8,10H,(H,20,21,22). The molecule has 0 spiro atoms. The van der Waals surface area contributed by atoms with Crippen molar-refractivity contribution in [2.24, 2.45) is 0 Å². The van der Waals surface area contributed by atoms with Crippen molar-refractivity contribution in [2.45, 2.75) is 0 Å². The van der Waals surface area contributed by atoms with Gasteiger partial charge >= 0.3 is 0 Å². The Bertz CT molecular complexity index is 1110. The van der Waals surface area contributed by atoms with Gasteiger partial charge < -0.3 is 5.32 Å². The third kappa shape index (κ3) is 2.86. The molecule has 0 bridgehead atoms. The van der Waals surface area contributed by atoms with Crippen LogP contribution in [0.3, 0.4) is 0 Å². The number of rotatable bonds is 3. The van der Waals surface area contributed by atoms with Crippen LogP contribution in [0, 0.1) is 17.1 Å². The Balaban J connectivity index is 1.74. The Morgan fingerprint density at radius 2 is 2.00 bits per heavy atom. The van der Waals surface area contributed by atoms with E-state index in [0.717, 1.165) is 0 Å². The van der Waals surface area contributed by atoms with Crippen LogP contribution in [0.2, 0.25) is 0 Å². The van der Waals surface area contributed by atoms with Gasteiger partial charge in [-0.1, -0.05) is 17.3 Å². The lowest BCUT2D eigenvalue weighted by atomic mass is 10.2. The van der Waals surface area contributed by atoms with Gasteiger partial charge in [0.1, 0.15) is 5.82 Å². The zero-order valence-corrected chi connectivity index (χ0v) is 12.8. The molecule has 2 aromatic heterocycles. The van der Waals surface area contributed by atoms with Crippen molar-refractivity contribution < 1.29 is 4.39 Å².